The molecule has 0 nitrogen and oxygen atoms in total. The predicted molar refractivity (Wildman–Crippen MR) is 206 cm³/mol. The Balaban J connectivity index is 1.41. The maximum absolute atomic E-state index is 3.91. The van der Waals surface area contributed by atoms with Gasteiger partial charge in [-0.15, -0.1) is 0 Å². The van der Waals surface area contributed by atoms with Gasteiger partial charge < -0.3 is 0 Å². The van der Waals surface area contributed by atoms with Crippen LogP contribution in [0.3, 0.4) is 0 Å². The first kappa shape index (κ1) is 33.0. The summed E-state index contributed by atoms with van der Waals surface area (Å²) >= 11 is -3.91. The van der Waals surface area contributed by atoms with Gasteiger partial charge in [-0.1, -0.05) is 0 Å². The van der Waals surface area contributed by atoms with E-state index in [4.69, 9.17) is 0 Å². The standard InChI is InChI=1S/2C18H17.C7H14Si.2CH3.Hf/c2*1-13(2)15-8-3-9-16(12-15)18-11-5-7-14-6-4-10-17(14)18;1-8-7-5-3-2-4-6-7;;;/h2*3-13H,1-2H3;7H,2-6H2,1H3;2*1H3;. The van der Waals surface area contributed by atoms with Crippen LogP contribution in [0.2, 0.25) is 21.4 Å². The maximum atomic E-state index is 2.94. The summed E-state index contributed by atoms with van der Waals surface area (Å²) in [6, 6.07) is 33.2. The van der Waals surface area contributed by atoms with Crippen molar-refractivity contribution in [3.8, 4) is 22.3 Å². The van der Waals surface area contributed by atoms with Crippen molar-refractivity contribution in [3.05, 3.63) is 130 Å². The fraction of sp³-hybridized carbons (Fsp3) is 0.378. The van der Waals surface area contributed by atoms with Gasteiger partial charge in [-0.05, 0) is 0 Å². The Morgan fingerprint density at radius 3 is 1.49 bits per heavy atom. The molecular formula is C45H54HfSi. The van der Waals surface area contributed by atoms with E-state index in [0.29, 0.717) is 19.2 Å². The van der Waals surface area contributed by atoms with Crippen molar-refractivity contribution >= 4 is 17.6 Å². The van der Waals surface area contributed by atoms with Gasteiger partial charge in [-0.2, -0.15) is 0 Å². The molecule has 2 atom stereocenters. The van der Waals surface area contributed by atoms with E-state index in [1.54, 1.807) is 11.1 Å². The third-order valence-electron chi connectivity index (χ3n) is 13.0. The molecule has 0 heterocycles. The quantitative estimate of drug-likeness (QED) is 0.163. The summed E-state index contributed by atoms with van der Waals surface area (Å²) in [5.74, 6) is 1.06. The molecule has 0 spiro atoms. The van der Waals surface area contributed by atoms with E-state index < -0.39 is 22.6 Å². The van der Waals surface area contributed by atoms with Gasteiger partial charge in [-0.25, -0.2) is 0 Å². The molecule has 3 aliphatic carbocycles. The average Bonchev–Trinajstić information content (AvgIpc) is 3.75. The molecule has 0 N–H and O–H groups in total. The van der Waals surface area contributed by atoms with Gasteiger partial charge in [0.1, 0.15) is 0 Å². The van der Waals surface area contributed by atoms with Crippen LogP contribution in [0.15, 0.2) is 97.1 Å². The van der Waals surface area contributed by atoms with Gasteiger partial charge in [0.15, 0.2) is 0 Å². The van der Waals surface area contributed by atoms with Gasteiger partial charge in [0.25, 0.3) is 0 Å². The van der Waals surface area contributed by atoms with Crippen LogP contribution in [-0.4, -0.2) is 5.49 Å². The van der Waals surface area contributed by atoms with Gasteiger partial charge >= 0.3 is 288 Å². The molecule has 1 saturated carbocycles. The second-order valence-corrected chi connectivity index (χ2v) is 63.3. The minimum absolute atomic E-state index is 0.529. The zero-order chi connectivity index (χ0) is 32.9. The summed E-state index contributed by atoms with van der Waals surface area (Å²) < 4.78 is 7.02. The van der Waals surface area contributed by atoms with E-state index in [-0.39, 0.29) is 0 Å². The predicted octanol–water partition coefficient (Wildman–Crippen LogP) is 13.8. The van der Waals surface area contributed by atoms with Crippen LogP contribution in [-0.2, 0) is 17.1 Å². The summed E-state index contributed by atoms with van der Waals surface area (Å²) in [5, 5.41) is 0. The number of fused-ring (bicyclic) bond motifs is 2. The molecule has 0 radical (unpaired) electrons. The molecule has 0 aliphatic heterocycles. The minimum atomic E-state index is -3.91. The Bertz CT molecular complexity index is 1830. The number of allylic oxidation sites excluding steroid dienone is 2. The van der Waals surface area contributed by atoms with Crippen LogP contribution < -0.4 is 0 Å². The zero-order valence-corrected chi connectivity index (χ0v) is 34.4. The molecule has 3 aliphatic rings. The number of hydrogen-bond donors (Lipinski definition) is 0. The van der Waals surface area contributed by atoms with E-state index in [2.05, 4.69) is 153 Å². The molecule has 7 rings (SSSR count). The van der Waals surface area contributed by atoms with Crippen molar-refractivity contribution in [1.82, 2.24) is 0 Å². The summed E-state index contributed by atoms with van der Waals surface area (Å²) in [7, 11) is 0. The van der Waals surface area contributed by atoms with Gasteiger partial charge in [0.05, 0.1) is 0 Å². The molecule has 4 aromatic rings. The van der Waals surface area contributed by atoms with Crippen molar-refractivity contribution in [1.29, 1.82) is 0 Å². The molecule has 0 amide bonds. The Kier molecular flexibility index (Phi) is 8.92. The number of hydrogen-bond acceptors (Lipinski definition) is 0. The zero-order valence-electron chi connectivity index (χ0n) is 29.8. The van der Waals surface area contributed by atoms with Crippen molar-refractivity contribution in [2.24, 2.45) is 0 Å². The van der Waals surface area contributed by atoms with Crippen LogP contribution >= 0.6 is 0 Å². The van der Waals surface area contributed by atoms with Crippen molar-refractivity contribution in [2.75, 3.05) is 0 Å². The van der Waals surface area contributed by atoms with Crippen LogP contribution in [0.4, 0.5) is 0 Å². The molecule has 4 aromatic carbocycles. The van der Waals surface area contributed by atoms with E-state index in [0.717, 1.165) is 5.54 Å². The topological polar surface area (TPSA) is 0 Å². The molecule has 47 heavy (non-hydrogen) atoms. The van der Waals surface area contributed by atoms with Crippen molar-refractivity contribution < 1.29 is 17.1 Å². The molecular weight excluding hydrogens is 747 g/mol. The fourth-order valence-corrected chi connectivity index (χ4v) is 60.0. The fourth-order valence-electron chi connectivity index (χ4n) is 9.72. The third-order valence-corrected chi connectivity index (χ3v) is 70.9. The van der Waals surface area contributed by atoms with E-state index in [1.165, 1.54) is 76.6 Å². The van der Waals surface area contributed by atoms with Crippen molar-refractivity contribution in [3.63, 3.8) is 0 Å². The molecule has 2 unspecified atom stereocenters. The number of rotatable bonds is 7. The molecule has 0 aromatic heterocycles. The van der Waals surface area contributed by atoms with E-state index in [1.807, 2.05) is 0 Å². The summed E-state index contributed by atoms with van der Waals surface area (Å²) in [6.07, 6.45) is 17.7. The van der Waals surface area contributed by atoms with Gasteiger partial charge in [0, 0.05) is 0 Å². The van der Waals surface area contributed by atoms with E-state index >= 15 is 0 Å². The first-order chi connectivity index (χ1) is 22.6. The summed E-state index contributed by atoms with van der Waals surface area (Å²) in [6.45, 7) is 12.0. The monoisotopic (exact) mass is 802 g/mol. The third kappa shape index (κ3) is 5.60. The summed E-state index contributed by atoms with van der Waals surface area (Å²) in [4.78, 5) is 0. The Morgan fingerprint density at radius 2 is 1.04 bits per heavy atom. The first-order valence-electron chi connectivity index (χ1n) is 18.4. The second kappa shape index (κ2) is 12.7. The first-order valence-corrected chi connectivity index (χ1v) is 37.2. The van der Waals surface area contributed by atoms with Crippen LogP contribution in [0.5, 0.6) is 0 Å². The van der Waals surface area contributed by atoms with Crippen LogP contribution in [0.25, 0.3) is 34.4 Å². The Hall–Kier alpha value is -2.55. The second-order valence-electron chi connectivity index (χ2n) is 16.5. The van der Waals surface area contributed by atoms with Gasteiger partial charge in [-0.3, -0.25) is 0 Å². The normalized spacial score (nSPS) is 19.4. The van der Waals surface area contributed by atoms with Gasteiger partial charge in [0.2, 0.25) is 0 Å². The Labute approximate surface area is 286 Å². The Morgan fingerprint density at radius 1 is 0.596 bits per heavy atom. The molecule has 0 bridgehead atoms. The van der Waals surface area contributed by atoms with Crippen LogP contribution in [0, 0.1) is 0 Å². The van der Waals surface area contributed by atoms with Crippen molar-refractivity contribution in [2.45, 2.75) is 100 Å². The summed E-state index contributed by atoms with van der Waals surface area (Å²) in [5.41, 5.74) is 14.9. The molecule has 1 fully saturated rings. The molecule has 0 saturated heterocycles. The van der Waals surface area contributed by atoms with Crippen LogP contribution in [0.1, 0.15) is 112 Å². The molecule has 2 heteroatoms. The molecule has 242 valence electrons. The number of benzene rings is 4. The SMILES string of the molecule is CC(C)c1cccc(-c2cccc3c2C=C[CH]3[Hf]([CH3])([CH3])([CH]2C=Cc3c(-c4cccc(C(C)C)c4)cccc32)=[Si](C)C2CCCCC2)c1. The van der Waals surface area contributed by atoms with E-state index in [9.17, 15) is 0 Å². The average molecular weight is 802 g/mol.